The molecule has 0 aliphatic carbocycles. The van der Waals surface area contributed by atoms with E-state index >= 15 is 0 Å². The molecule has 0 aromatic heterocycles. The third kappa shape index (κ3) is 2.53. The molecule has 0 radical (unpaired) electrons. The molecule has 0 aliphatic heterocycles. The second-order valence-corrected chi connectivity index (χ2v) is 3.77. The van der Waals surface area contributed by atoms with Crippen molar-refractivity contribution in [3.63, 3.8) is 0 Å². The molecular weight excluding hydrogens is 231 g/mol. The fourth-order valence-electron chi connectivity index (χ4n) is 0.857. The highest BCUT2D eigenvalue weighted by molar-refractivity contribution is 7.81. The van der Waals surface area contributed by atoms with Gasteiger partial charge in [0.05, 0.1) is 0 Å². The molecule has 0 fully saturated rings. The fourth-order valence-corrected chi connectivity index (χ4v) is 1.55. The quantitative estimate of drug-likeness (QED) is 0.775. The number of carboxylic acids is 1. The molecule has 0 unspecified atom stereocenters. The minimum atomic E-state index is -1.05. The molecule has 1 atom stereocenters. The maximum atomic E-state index is 10.6. The Balaban J connectivity index is 3.12. The highest BCUT2D eigenvalue weighted by atomic mass is 35.5. The first-order valence-electron chi connectivity index (χ1n) is 3.38. The summed E-state index contributed by atoms with van der Waals surface area (Å²) < 4.78 is 0. The maximum absolute atomic E-state index is 10.6. The normalized spacial score (nSPS) is 12.5. The molecule has 2 nitrogen and oxygen atoms in total. The minimum Gasteiger partial charge on any atom is -0.480 e. The number of benzene rings is 1. The lowest BCUT2D eigenvalue weighted by Gasteiger charge is -2.07. The van der Waals surface area contributed by atoms with E-state index in [9.17, 15) is 4.79 Å². The van der Waals surface area contributed by atoms with Gasteiger partial charge in [-0.1, -0.05) is 23.2 Å². The maximum Gasteiger partial charge on any atom is 0.320 e. The van der Waals surface area contributed by atoms with Gasteiger partial charge >= 0.3 is 5.97 Å². The Labute approximate surface area is 90.9 Å². The van der Waals surface area contributed by atoms with Crippen LogP contribution in [0.15, 0.2) is 18.2 Å². The summed E-state index contributed by atoms with van der Waals surface area (Å²) in [5, 5.41) is 8.53. The molecular formula is C8H6Cl2O2S. The van der Waals surface area contributed by atoms with Crippen LogP contribution >= 0.6 is 35.8 Å². The summed E-state index contributed by atoms with van der Waals surface area (Å²) in [7, 11) is 0. The fraction of sp³-hybridized carbons (Fsp3) is 0.125. The largest absolute Gasteiger partial charge is 0.480 e. The van der Waals surface area contributed by atoms with E-state index in [1.54, 1.807) is 12.1 Å². The Hall–Kier alpha value is -0.380. The Morgan fingerprint density at radius 2 is 2.08 bits per heavy atom. The standard InChI is InChI=1S/C8H6Cl2O2S/c9-4-1-2-6(10)5(3-4)7(13)8(11)12/h1-3,7,13H,(H,11,12)/t7-/m0/s1. The van der Waals surface area contributed by atoms with Crippen molar-refractivity contribution in [3.8, 4) is 0 Å². The molecule has 0 bridgehead atoms. The number of rotatable bonds is 2. The van der Waals surface area contributed by atoms with Crippen LogP contribution in [0.3, 0.4) is 0 Å². The van der Waals surface area contributed by atoms with E-state index in [0.29, 0.717) is 15.6 Å². The van der Waals surface area contributed by atoms with Gasteiger partial charge < -0.3 is 5.11 Å². The van der Waals surface area contributed by atoms with Crippen LogP contribution in [-0.2, 0) is 4.79 Å². The van der Waals surface area contributed by atoms with E-state index in [2.05, 4.69) is 12.6 Å². The summed E-state index contributed by atoms with van der Waals surface area (Å²) in [4.78, 5) is 10.6. The summed E-state index contributed by atoms with van der Waals surface area (Å²) in [5.74, 6) is -1.05. The lowest BCUT2D eigenvalue weighted by atomic mass is 10.1. The van der Waals surface area contributed by atoms with Crippen LogP contribution in [0.1, 0.15) is 10.8 Å². The molecule has 0 spiro atoms. The Kier molecular flexibility index (Phi) is 3.47. The van der Waals surface area contributed by atoms with Crippen molar-refractivity contribution in [3.05, 3.63) is 33.8 Å². The van der Waals surface area contributed by atoms with Gasteiger partial charge in [0.15, 0.2) is 0 Å². The van der Waals surface area contributed by atoms with Crippen molar-refractivity contribution in [2.75, 3.05) is 0 Å². The molecule has 1 N–H and O–H groups in total. The molecule has 70 valence electrons. The number of hydrogen-bond acceptors (Lipinski definition) is 2. The summed E-state index contributed by atoms with van der Waals surface area (Å²) in [6.45, 7) is 0. The number of carboxylic acid groups (broad SMARTS) is 1. The summed E-state index contributed by atoms with van der Waals surface area (Å²) in [6.07, 6.45) is 0. The minimum absolute atomic E-state index is 0.354. The van der Waals surface area contributed by atoms with Crippen LogP contribution in [0.2, 0.25) is 10.0 Å². The van der Waals surface area contributed by atoms with Gasteiger partial charge in [-0.25, -0.2) is 0 Å². The van der Waals surface area contributed by atoms with Crippen molar-refractivity contribution in [1.29, 1.82) is 0 Å². The van der Waals surface area contributed by atoms with E-state index in [1.807, 2.05) is 0 Å². The van der Waals surface area contributed by atoms with E-state index in [1.165, 1.54) is 6.07 Å². The second kappa shape index (κ2) is 4.22. The molecule has 13 heavy (non-hydrogen) atoms. The molecule has 0 saturated carbocycles. The summed E-state index contributed by atoms with van der Waals surface area (Å²) in [5.41, 5.74) is 0.407. The number of thiol groups is 1. The smallest absolute Gasteiger partial charge is 0.320 e. The Bertz CT molecular complexity index is 341. The zero-order valence-corrected chi connectivity index (χ0v) is 8.77. The van der Waals surface area contributed by atoms with Gasteiger partial charge in [0.25, 0.3) is 0 Å². The molecule has 0 heterocycles. The number of halogens is 2. The van der Waals surface area contributed by atoms with Gasteiger partial charge in [-0.3, -0.25) is 4.79 Å². The summed E-state index contributed by atoms with van der Waals surface area (Å²) >= 11 is 15.3. The van der Waals surface area contributed by atoms with Crippen molar-refractivity contribution in [2.45, 2.75) is 5.25 Å². The Morgan fingerprint density at radius 1 is 1.46 bits per heavy atom. The number of carbonyl (C=O) groups is 1. The van der Waals surface area contributed by atoms with Crippen LogP contribution < -0.4 is 0 Å². The first-order chi connectivity index (χ1) is 6.02. The third-order valence-corrected chi connectivity index (χ3v) is 2.56. The molecule has 0 saturated heterocycles. The topological polar surface area (TPSA) is 37.3 Å². The van der Waals surface area contributed by atoms with Gasteiger partial charge in [-0.2, -0.15) is 12.6 Å². The highest BCUT2D eigenvalue weighted by Crippen LogP contribution is 2.29. The van der Waals surface area contributed by atoms with Crippen molar-refractivity contribution < 1.29 is 9.90 Å². The van der Waals surface area contributed by atoms with Crippen LogP contribution in [0.25, 0.3) is 0 Å². The average Bonchev–Trinajstić information content (AvgIpc) is 2.08. The first kappa shape index (κ1) is 10.7. The lowest BCUT2D eigenvalue weighted by Crippen LogP contribution is -2.05. The van der Waals surface area contributed by atoms with E-state index in [0.717, 1.165) is 0 Å². The molecule has 5 heteroatoms. The van der Waals surface area contributed by atoms with E-state index in [4.69, 9.17) is 28.3 Å². The zero-order chi connectivity index (χ0) is 10.0. The van der Waals surface area contributed by atoms with Gasteiger partial charge in [-0.05, 0) is 23.8 Å². The third-order valence-electron chi connectivity index (χ3n) is 1.49. The predicted octanol–water partition coefficient (Wildman–Crippen LogP) is 3.05. The molecule has 0 amide bonds. The zero-order valence-electron chi connectivity index (χ0n) is 6.37. The second-order valence-electron chi connectivity index (χ2n) is 2.41. The predicted molar refractivity (Wildman–Crippen MR) is 55.8 cm³/mol. The van der Waals surface area contributed by atoms with E-state index < -0.39 is 11.2 Å². The van der Waals surface area contributed by atoms with E-state index in [-0.39, 0.29) is 0 Å². The van der Waals surface area contributed by atoms with Gasteiger partial charge in [0, 0.05) is 10.0 Å². The molecule has 0 aliphatic rings. The van der Waals surface area contributed by atoms with Crippen molar-refractivity contribution in [1.82, 2.24) is 0 Å². The van der Waals surface area contributed by atoms with Crippen molar-refractivity contribution >= 4 is 41.8 Å². The van der Waals surface area contributed by atoms with Gasteiger partial charge in [-0.15, -0.1) is 0 Å². The molecule has 1 aromatic rings. The SMILES string of the molecule is O=C(O)[C@@H](S)c1cc(Cl)ccc1Cl. The average molecular weight is 237 g/mol. The first-order valence-corrected chi connectivity index (χ1v) is 4.65. The monoisotopic (exact) mass is 236 g/mol. The number of hydrogen-bond donors (Lipinski definition) is 2. The Morgan fingerprint density at radius 3 is 2.62 bits per heavy atom. The molecule has 1 rings (SSSR count). The lowest BCUT2D eigenvalue weighted by molar-refractivity contribution is -0.136. The van der Waals surface area contributed by atoms with Gasteiger partial charge in [0.1, 0.15) is 5.25 Å². The van der Waals surface area contributed by atoms with Gasteiger partial charge in [0.2, 0.25) is 0 Å². The van der Waals surface area contributed by atoms with Crippen LogP contribution in [0, 0.1) is 0 Å². The number of aliphatic carboxylic acids is 1. The van der Waals surface area contributed by atoms with Crippen molar-refractivity contribution in [2.24, 2.45) is 0 Å². The molecule has 1 aromatic carbocycles. The van der Waals surface area contributed by atoms with Crippen LogP contribution in [0.4, 0.5) is 0 Å². The summed E-state index contributed by atoms with van der Waals surface area (Å²) in [6, 6.07) is 4.64. The van der Waals surface area contributed by atoms with Crippen LogP contribution in [0.5, 0.6) is 0 Å². The highest BCUT2D eigenvalue weighted by Gasteiger charge is 2.17. The van der Waals surface area contributed by atoms with Crippen LogP contribution in [-0.4, -0.2) is 11.1 Å².